The molecule has 0 heterocycles. The first kappa shape index (κ1) is 13.6. The van der Waals surface area contributed by atoms with Crippen LogP contribution in [0.4, 0.5) is 0 Å². The lowest BCUT2D eigenvalue weighted by molar-refractivity contribution is -0.122. The minimum Gasteiger partial charge on any atom is -0.341 e. The number of amides is 1. The van der Waals surface area contributed by atoms with Crippen molar-refractivity contribution in [1.29, 1.82) is 0 Å². The van der Waals surface area contributed by atoms with Crippen LogP contribution in [0.15, 0.2) is 0 Å². The summed E-state index contributed by atoms with van der Waals surface area (Å²) in [7, 11) is -0.728. The van der Waals surface area contributed by atoms with Gasteiger partial charge in [-0.1, -0.05) is 0 Å². The van der Waals surface area contributed by atoms with Crippen molar-refractivity contribution < 1.29 is 18.4 Å². The van der Waals surface area contributed by atoms with Crippen molar-refractivity contribution in [2.24, 2.45) is 5.73 Å². The van der Waals surface area contributed by atoms with Gasteiger partial charge in [-0.2, -0.15) is 0 Å². The molecule has 0 aliphatic carbocycles. The molecular formula is C7H17N2O4P. The van der Waals surface area contributed by atoms with Crippen molar-refractivity contribution in [2.75, 3.05) is 14.2 Å². The van der Waals surface area contributed by atoms with E-state index in [9.17, 15) is 9.36 Å². The Morgan fingerprint density at radius 1 is 1.36 bits per heavy atom. The van der Waals surface area contributed by atoms with E-state index in [1.807, 2.05) is 0 Å². The number of nitrogens with two attached hydrogens (primary N) is 1. The van der Waals surface area contributed by atoms with Crippen LogP contribution in [0, 0.1) is 0 Å². The molecule has 0 aliphatic heterocycles. The molecule has 2 atom stereocenters. The molecule has 0 aromatic carbocycles. The van der Waals surface area contributed by atoms with Gasteiger partial charge in [-0.05, 0) is 13.8 Å². The van der Waals surface area contributed by atoms with E-state index in [0.717, 1.165) is 0 Å². The van der Waals surface area contributed by atoms with Gasteiger partial charge in [-0.25, -0.2) is 0 Å². The zero-order valence-electron chi connectivity index (χ0n) is 8.81. The summed E-state index contributed by atoms with van der Waals surface area (Å²) in [6.45, 7) is 3.07. The van der Waals surface area contributed by atoms with E-state index in [2.05, 4.69) is 5.32 Å². The molecule has 0 saturated heterocycles. The minimum absolute atomic E-state index is 0.396. The maximum Gasteiger partial charge on any atom is 0.351 e. The first-order valence-electron chi connectivity index (χ1n) is 4.14. The highest BCUT2D eigenvalue weighted by molar-refractivity contribution is 7.54. The molecule has 84 valence electrons. The van der Waals surface area contributed by atoms with Crippen LogP contribution in [0.25, 0.3) is 0 Å². The Kier molecular flexibility index (Phi) is 5.29. The first-order valence-corrected chi connectivity index (χ1v) is 5.75. The summed E-state index contributed by atoms with van der Waals surface area (Å²) in [4.78, 5) is 11.2. The molecule has 0 radical (unpaired) electrons. The van der Waals surface area contributed by atoms with Gasteiger partial charge >= 0.3 is 7.60 Å². The fraction of sp³-hybridized carbons (Fsp3) is 0.857. The monoisotopic (exact) mass is 224 g/mol. The molecule has 3 N–H and O–H groups in total. The number of carbonyl (C=O) groups is 1. The van der Waals surface area contributed by atoms with Gasteiger partial charge in [0.25, 0.3) is 0 Å². The Labute approximate surface area is 83.7 Å². The summed E-state index contributed by atoms with van der Waals surface area (Å²) < 4.78 is 21.1. The van der Waals surface area contributed by atoms with Crippen molar-refractivity contribution in [3.63, 3.8) is 0 Å². The van der Waals surface area contributed by atoms with Gasteiger partial charge in [0, 0.05) is 14.2 Å². The van der Waals surface area contributed by atoms with Crippen LogP contribution in [0.5, 0.6) is 0 Å². The van der Waals surface area contributed by atoms with E-state index < -0.39 is 25.3 Å². The second-order valence-electron chi connectivity index (χ2n) is 2.88. The van der Waals surface area contributed by atoms with Crippen molar-refractivity contribution in [3.05, 3.63) is 0 Å². The fourth-order valence-electron chi connectivity index (χ4n) is 0.807. The summed E-state index contributed by atoms with van der Waals surface area (Å²) in [6.07, 6.45) is 0. The zero-order valence-corrected chi connectivity index (χ0v) is 9.71. The minimum atomic E-state index is -3.25. The molecule has 0 aromatic heterocycles. The summed E-state index contributed by atoms with van der Waals surface area (Å²) in [5, 5.41) is 2.44. The molecule has 14 heavy (non-hydrogen) atoms. The second kappa shape index (κ2) is 5.46. The average molecular weight is 224 g/mol. The van der Waals surface area contributed by atoms with Gasteiger partial charge in [0.1, 0.15) is 5.78 Å². The van der Waals surface area contributed by atoms with Gasteiger partial charge in [-0.3, -0.25) is 9.36 Å². The van der Waals surface area contributed by atoms with E-state index in [4.69, 9.17) is 14.8 Å². The summed E-state index contributed by atoms with van der Waals surface area (Å²) in [5.74, 6) is -1.11. The third-order valence-electron chi connectivity index (χ3n) is 1.75. The second-order valence-corrected chi connectivity index (χ2v) is 5.46. The van der Waals surface area contributed by atoms with Gasteiger partial charge in [0.05, 0.1) is 6.04 Å². The van der Waals surface area contributed by atoms with Crippen LogP contribution in [0.1, 0.15) is 13.8 Å². The predicted octanol–water partition coefficient (Wildman–Crippen LogP) is 0.282. The summed E-state index contributed by atoms with van der Waals surface area (Å²) >= 11 is 0. The molecule has 1 amide bonds. The number of carbonyl (C=O) groups excluding carboxylic acids is 1. The molecule has 0 unspecified atom stereocenters. The van der Waals surface area contributed by atoms with E-state index >= 15 is 0 Å². The molecule has 0 saturated carbocycles. The van der Waals surface area contributed by atoms with Gasteiger partial charge in [-0.15, -0.1) is 0 Å². The molecule has 7 heteroatoms. The largest absolute Gasteiger partial charge is 0.351 e. The zero-order chi connectivity index (χ0) is 11.4. The van der Waals surface area contributed by atoms with Crippen molar-refractivity contribution in [3.8, 4) is 0 Å². The van der Waals surface area contributed by atoms with Crippen LogP contribution in [-0.4, -0.2) is 32.0 Å². The van der Waals surface area contributed by atoms with E-state index in [1.54, 1.807) is 0 Å². The Morgan fingerprint density at radius 2 is 1.79 bits per heavy atom. The van der Waals surface area contributed by atoms with Gasteiger partial charge < -0.3 is 20.1 Å². The smallest absolute Gasteiger partial charge is 0.341 e. The lowest BCUT2D eigenvalue weighted by atomic mass is 10.3. The molecule has 0 rings (SSSR count). The Balaban J connectivity index is 4.40. The van der Waals surface area contributed by atoms with Crippen molar-refractivity contribution in [1.82, 2.24) is 5.32 Å². The molecular weight excluding hydrogens is 207 g/mol. The number of rotatable bonds is 5. The molecule has 0 bridgehead atoms. The summed E-state index contributed by atoms with van der Waals surface area (Å²) in [6, 6.07) is -0.653. The van der Waals surface area contributed by atoms with Crippen LogP contribution in [0.3, 0.4) is 0 Å². The third kappa shape index (κ3) is 3.38. The van der Waals surface area contributed by atoms with Gasteiger partial charge in [0.2, 0.25) is 5.91 Å². The predicted molar refractivity (Wildman–Crippen MR) is 52.9 cm³/mol. The Hall–Kier alpha value is -0.420. The third-order valence-corrected chi connectivity index (χ3v) is 3.84. The Morgan fingerprint density at radius 3 is 2.07 bits per heavy atom. The fourth-order valence-corrected chi connectivity index (χ4v) is 1.87. The molecule has 0 spiro atoms. The SMILES string of the molecule is COP(=O)(OC)[C@H](C)NC(=O)[C@H](C)N. The van der Waals surface area contributed by atoms with E-state index in [0.29, 0.717) is 0 Å². The standard InChI is InChI=1S/C7H17N2O4P/c1-5(8)7(10)9-6(2)14(11,12-3)13-4/h5-6H,8H2,1-4H3,(H,9,10)/t5-,6+/m0/s1. The number of hydrogen-bond acceptors (Lipinski definition) is 5. The molecule has 6 nitrogen and oxygen atoms in total. The van der Waals surface area contributed by atoms with Crippen molar-refractivity contribution in [2.45, 2.75) is 25.7 Å². The van der Waals surface area contributed by atoms with E-state index in [-0.39, 0.29) is 0 Å². The molecule has 0 aromatic rings. The van der Waals surface area contributed by atoms with Crippen LogP contribution in [-0.2, 0) is 18.4 Å². The topological polar surface area (TPSA) is 90.6 Å². The maximum atomic E-state index is 11.7. The average Bonchev–Trinajstić information content (AvgIpc) is 2.16. The molecule has 0 fully saturated rings. The Bertz CT molecular complexity index is 236. The highest BCUT2D eigenvalue weighted by Crippen LogP contribution is 2.50. The van der Waals surface area contributed by atoms with Crippen LogP contribution < -0.4 is 11.1 Å². The first-order chi connectivity index (χ1) is 6.37. The number of nitrogens with one attached hydrogen (secondary N) is 1. The lowest BCUT2D eigenvalue weighted by Gasteiger charge is -2.22. The quantitative estimate of drug-likeness (QED) is 0.654. The maximum absolute atomic E-state index is 11.7. The highest BCUT2D eigenvalue weighted by atomic mass is 31.2. The van der Waals surface area contributed by atoms with Crippen molar-refractivity contribution >= 4 is 13.5 Å². The van der Waals surface area contributed by atoms with Crippen LogP contribution in [0.2, 0.25) is 0 Å². The molecule has 0 aliphatic rings. The summed E-state index contributed by atoms with van der Waals surface area (Å²) in [5.41, 5.74) is 5.33. The number of hydrogen-bond donors (Lipinski definition) is 2. The normalized spacial score (nSPS) is 16.1. The lowest BCUT2D eigenvalue weighted by Crippen LogP contribution is -2.42. The van der Waals surface area contributed by atoms with Crippen LogP contribution >= 0.6 is 7.60 Å². The highest BCUT2D eigenvalue weighted by Gasteiger charge is 2.31. The van der Waals surface area contributed by atoms with E-state index in [1.165, 1.54) is 28.1 Å². The van der Waals surface area contributed by atoms with Gasteiger partial charge in [0.15, 0.2) is 0 Å².